The van der Waals surface area contributed by atoms with Crippen LogP contribution < -0.4 is 14.5 Å². The number of rotatable bonds is 5. The second kappa shape index (κ2) is 8.16. The highest BCUT2D eigenvalue weighted by Gasteiger charge is 2.29. The average molecular weight is 418 g/mol. The van der Waals surface area contributed by atoms with Crippen molar-refractivity contribution in [2.75, 3.05) is 56.2 Å². The van der Waals surface area contributed by atoms with Crippen molar-refractivity contribution in [2.24, 2.45) is 0 Å². The fourth-order valence-corrected chi connectivity index (χ4v) is 5.33. The van der Waals surface area contributed by atoms with Gasteiger partial charge in [-0.15, -0.1) is 0 Å². The summed E-state index contributed by atoms with van der Waals surface area (Å²) in [6.07, 6.45) is 2.39. The van der Waals surface area contributed by atoms with Gasteiger partial charge in [-0.25, -0.2) is 18.4 Å². The number of benzene rings is 1. The maximum absolute atomic E-state index is 13.0. The fraction of sp³-hybridized carbons (Fsp3) is 0.500. The molecule has 0 spiro atoms. The van der Waals surface area contributed by atoms with Gasteiger partial charge in [-0.05, 0) is 31.9 Å². The zero-order valence-electron chi connectivity index (χ0n) is 16.9. The number of hydrogen-bond acceptors (Lipinski definition) is 7. The van der Waals surface area contributed by atoms with Crippen LogP contribution in [0.4, 0.5) is 11.6 Å². The zero-order valence-corrected chi connectivity index (χ0v) is 17.7. The highest BCUT2D eigenvalue weighted by Crippen LogP contribution is 2.26. The molecule has 0 radical (unpaired) electrons. The number of aryl methyl sites for hydroxylation is 1. The van der Waals surface area contributed by atoms with Gasteiger partial charge < -0.3 is 14.5 Å². The van der Waals surface area contributed by atoms with Crippen LogP contribution in [-0.4, -0.2) is 69.1 Å². The van der Waals surface area contributed by atoms with Crippen LogP contribution in [0.15, 0.2) is 35.2 Å². The van der Waals surface area contributed by atoms with Gasteiger partial charge in [0.05, 0.1) is 12.0 Å². The largest absolute Gasteiger partial charge is 0.497 e. The maximum Gasteiger partial charge on any atom is 0.243 e. The van der Waals surface area contributed by atoms with Gasteiger partial charge in [-0.1, -0.05) is 6.07 Å². The average Bonchev–Trinajstić information content (AvgIpc) is 3.28. The summed E-state index contributed by atoms with van der Waals surface area (Å²) in [6, 6.07) is 8.65. The first-order chi connectivity index (χ1) is 14.0. The molecule has 9 heteroatoms. The Kier molecular flexibility index (Phi) is 5.60. The van der Waals surface area contributed by atoms with Crippen LogP contribution in [-0.2, 0) is 10.0 Å². The number of methoxy groups -OCH3 is 1. The molecule has 1 aromatic carbocycles. The molecule has 1 aromatic heterocycles. The van der Waals surface area contributed by atoms with Crippen molar-refractivity contribution in [3.8, 4) is 5.75 Å². The predicted octanol–water partition coefficient (Wildman–Crippen LogP) is 1.90. The molecule has 8 nitrogen and oxygen atoms in total. The third-order valence-electron chi connectivity index (χ3n) is 5.48. The minimum atomic E-state index is -3.54. The van der Waals surface area contributed by atoms with Crippen LogP contribution in [0.1, 0.15) is 18.7 Å². The lowest BCUT2D eigenvalue weighted by molar-refractivity contribution is 0.382. The quantitative estimate of drug-likeness (QED) is 0.735. The van der Waals surface area contributed by atoms with Gasteiger partial charge in [-0.2, -0.15) is 4.31 Å². The van der Waals surface area contributed by atoms with Gasteiger partial charge in [0.15, 0.2) is 0 Å². The lowest BCUT2D eigenvalue weighted by Gasteiger charge is -2.35. The van der Waals surface area contributed by atoms with Crippen molar-refractivity contribution in [1.82, 2.24) is 14.3 Å². The Morgan fingerprint density at radius 3 is 2.14 bits per heavy atom. The summed E-state index contributed by atoms with van der Waals surface area (Å²) in [6.45, 7) is 6.00. The number of anilines is 2. The Balaban J connectivity index is 1.48. The monoisotopic (exact) mass is 417 g/mol. The van der Waals surface area contributed by atoms with E-state index in [9.17, 15) is 8.42 Å². The summed E-state index contributed by atoms with van der Waals surface area (Å²) in [4.78, 5) is 13.9. The molecule has 0 saturated carbocycles. The second-order valence-corrected chi connectivity index (χ2v) is 9.33. The molecule has 2 aliphatic heterocycles. The van der Waals surface area contributed by atoms with Gasteiger partial charge in [0, 0.05) is 51.4 Å². The highest BCUT2D eigenvalue weighted by atomic mass is 32.2. The molecule has 4 rings (SSSR count). The second-order valence-electron chi connectivity index (χ2n) is 7.40. The molecule has 0 amide bonds. The van der Waals surface area contributed by atoms with Gasteiger partial charge >= 0.3 is 0 Å². The predicted molar refractivity (Wildman–Crippen MR) is 112 cm³/mol. The summed E-state index contributed by atoms with van der Waals surface area (Å²) in [5, 5.41) is 0. The molecule has 2 aromatic rings. The number of sulfonamides is 1. The normalized spacial score (nSPS) is 18.3. The minimum absolute atomic E-state index is 0.263. The van der Waals surface area contributed by atoms with E-state index in [2.05, 4.69) is 19.8 Å². The summed E-state index contributed by atoms with van der Waals surface area (Å²) < 4.78 is 32.7. The molecule has 0 aliphatic carbocycles. The van der Waals surface area contributed by atoms with E-state index >= 15 is 0 Å². The first-order valence-electron chi connectivity index (χ1n) is 9.97. The standard InChI is InChI=1S/C20H27N5O3S/c1-16-21-19(23-8-3-4-9-23)15-20(22-16)24-10-12-25(13-11-24)29(26,27)18-7-5-6-17(14-18)28-2/h5-7,14-15H,3-4,8-13H2,1-2H3. The number of nitrogens with zero attached hydrogens (tertiary/aromatic N) is 5. The van der Waals surface area contributed by atoms with E-state index in [1.165, 1.54) is 24.3 Å². The summed E-state index contributed by atoms with van der Waals surface area (Å²) in [7, 11) is -2.01. The Hall–Kier alpha value is -2.39. The summed E-state index contributed by atoms with van der Waals surface area (Å²) in [5.41, 5.74) is 0. The van der Waals surface area contributed by atoms with Crippen molar-refractivity contribution in [3.63, 3.8) is 0 Å². The molecular formula is C20H27N5O3S. The topological polar surface area (TPSA) is 78.9 Å². The van der Waals surface area contributed by atoms with Crippen molar-refractivity contribution in [3.05, 3.63) is 36.2 Å². The van der Waals surface area contributed by atoms with Gasteiger partial charge in [0.2, 0.25) is 10.0 Å². The summed E-state index contributed by atoms with van der Waals surface area (Å²) in [5.74, 6) is 3.13. The fourth-order valence-electron chi connectivity index (χ4n) is 3.88. The molecule has 3 heterocycles. The van der Waals surface area contributed by atoms with E-state index in [0.717, 1.165) is 30.5 Å². The van der Waals surface area contributed by atoms with E-state index in [-0.39, 0.29) is 4.90 Å². The van der Waals surface area contributed by atoms with Crippen LogP contribution in [0.2, 0.25) is 0 Å². The lowest BCUT2D eigenvalue weighted by atomic mass is 10.3. The zero-order chi connectivity index (χ0) is 20.4. The van der Waals surface area contributed by atoms with Crippen molar-refractivity contribution < 1.29 is 13.2 Å². The Morgan fingerprint density at radius 1 is 0.897 bits per heavy atom. The van der Waals surface area contributed by atoms with Gasteiger partial charge in [0.25, 0.3) is 0 Å². The Morgan fingerprint density at radius 2 is 1.52 bits per heavy atom. The smallest absolute Gasteiger partial charge is 0.243 e. The van der Waals surface area contributed by atoms with Gasteiger partial charge in [0.1, 0.15) is 23.2 Å². The minimum Gasteiger partial charge on any atom is -0.497 e. The van der Waals surface area contributed by atoms with Gasteiger partial charge in [-0.3, -0.25) is 0 Å². The van der Waals surface area contributed by atoms with Crippen LogP contribution in [0.3, 0.4) is 0 Å². The molecule has 0 unspecified atom stereocenters. The molecule has 0 N–H and O–H groups in total. The van der Waals surface area contributed by atoms with E-state index in [1.807, 2.05) is 13.0 Å². The first-order valence-corrected chi connectivity index (χ1v) is 11.4. The highest BCUT2D eigenvalue weighted by molar-refractivity contribution is 7.89. The van der Waals surface area contributed by atoms with Crippen LogP contribution >= 0.6 is 0 Å². The Labute approximate surface area is 172 Å². The number of hydrogen-bond donors (Lipinski definition) is 0. The number of ether oxygens (including phenoxy) is 1. The first kappa shape index (κ1) is 19.9. The van der Waals surface area contributed by atoms with E-state index in [1.54, 1.807) is 24.3 Å². The molecule has 156 valence electrons. The van der Waals surface area contributed by atoms with Crippen molar-refractivity contribution in [1.29, 1.82) is 0 Å². The lowest BCUT2D eigenvalue weighted by Crippen LogP contribution is -2.49. The van der Waals surface area contributed by atoms with Crippen molar-refractivity contribution >= 4 is 21.7 Å². The van der Waals surface area contributed by atoms with E-state index in [0.29, 0.717) is 31.9 Å². The maximum atomic E-state index is 13.0. The third-order valence-corrected chi connectivity index (χ3v) is 7.38. The van der Waals surface area contributed by atoms with Crippen LogP contribution in [0.5, 0.6) is 5.75 Å². The third kappa shape index (κ3) is 4.16. The van der Waals surface area contributed by atoms with E-state index < -0.39 is 10.0 Å². The molecule has 2 aliphatic rings. The van der Waals surface area contributed by atoms with E-state index in [4.69, 9.17) is 4.74 Å². The van der Waals surface area contributed by atoms with Crippen molar-refractivity contribution in [2.45, 2.75) is 24.7 Å². The van der Waals surface area contributed by atoms with Crippen LogP contribution in [0.25, 0.3) is 0 Å². The Bertz CT molecular complexity index is 968. The molecular weight excluding hydrogens is 390 g/mol. The number of aromatic nitrogens is 2. The van der Waals surface area contributed by atoms with Crippen LogP contribution in [0, 0.1) is 6.92 Å². The number of piperazine rings is 1. The molecule has 2 fully saturated rings. The molecule has 2 saturated heterocycles. The molecule has 29 heavy (non-hydrogen) atoms. The molecule has 0 bridgehead atoms. The molecule has 0 atom stereocenters. The SMILES string of the molecule is COc1cccc(S(=O)(=O)N2CCN(c3cc(N4CCCC4)nc(C)n3)CC2)c1. The summed E-state index contributed by atoms with van der Waals surface area (Å²) >= 11 is 0.